The summed E-state index contributed by atoms with van der Waals surface area (Å²) >= 11 is 0. The number of hydrogen-bond acceptors (Lipinski definition) is 2. The number of hydrogen-bond donors (Lipinski definition) is 0. The molecule has 0 N–H and O–H groups in total. The van der Waals surface area contributed by atoms with Gasteiger partial charge in [-0.2, -0.15) is 0 Å². The Labute approximate surface area is 90.7 Å². The van der Waals surface area contributed by atoms with Crippen molar-refractivity contribution in [2.24, 2.45) is 5.92 Å². The van der Waals surface area contributed by atoms with Gasteiger partial charge >= 0.3 is 0 Å². The van der Waals surface area contributed by atoms with E-state index in [-0.39, 0.29) is 0 Å². The Morgan fingerprint density at radius 2 is 2.27 bits per heavy atom. The molecule has 1 aliphatic carbocycles. The first-order chi connectivity index (χ1) is 7.16. The Kier molecular flexibility index (Phi) is 2.91. The summed E-state index contributed by atoms with van der Waals surface area (Å²) in [6.07, 6.45) is 6.15. The van der Waals surface area contributed by atoms with Gasteiger partial charge in [-0.3, -0.25) is 4.79 Å². The maximum atomic E-state index is 11.7. The highest BCUT2D eigenvalue weighted by atomic mass is 16.1. The van der Waals surface area contributed by atoms with E-state index in [2.05, 4.69) is 23.6 Å². The van der Waals surface area contributed by atoms with E-state index >= 15 is 0 Å². The molecule has 0 spiro atoms. The van der Waals surface area contributed by atoms with Crippen LogP contribution in [0.4, 0.5) is 0 Å². The van der Waals surface area contributed by atoms with Gasteiger partial charge in [-0.15, -0.1) is 0 Å². The van der Waals surface area contributed by atoms with Crippen LogP contribution in [0.3, 0.4) is 0 Å². The summed E-state index contributed by atoms with van der Waals surface area (Å²) in [5.74, 6) is 0.660. The van der Waals surface area contributed by atoms with Crippen LogP contribution in [0.25, 0.3) is 0 Å². The predicted octanol–water partition coefficient (Wildman–Crippen LogP) is 1.64. The van der Waals surface area contributed by atoms with Crippen molar-refractivity contribution in [3.63, 3.8) is 0 Å². The Morgan fingerprint density at radius 3 is 2.87 bits per heavy atom. The first-order valence-electron chi connectivity index (χ1n) is 5.51. The van der Waals surface area contributed by atoms with Crippen molar-refractivity contribution in [1.82, 2.24) is 9.47 Å². The van der Waals surface area contributed by atoms with Crippen molar-refractivity contribution in [1.29, 1.82) is 0 Å². The third-order valence-corrected chi connectivity index (χ3v) is 2.79. The van der Waals surface area contributed by atoms with Crippen LogP contribution in [-0.4, -0.2) is 35.9 Å². The van der Waals surface area contributed by atoms with Crippen molar-refractivity contribution < 1.29 is 4.79 Å². The van der Waals surface area contributed by atoms with Crippen LogP contribution in [0, 0.1) is 5.92 Å². The predicted molar refractivity (Wildman–Crippen MR) is 60.0 cm³/mol. The third kappa shape index (κ3) is 2.69. The molecule has 0 saturated heterocycles. The Morgan fingerprint density at radius 1 is 1.53 bits per heavy atom. The maximum absolute atomic E-state index is 11.7. The SMILES string of the molecule is CN(C)CCn1ccc(C(=O)C2CC2)c1. The van der Waals surface area contributed by atoms with Crippen molar-refractivity contribution in [3.8, 4) is 0 Å². The first-order valence-corrected chi connectivity index (χ1v) is 5.51. The van der Waals surface area contributed by atoms with E-state index in [0.717, 1.165) is 31.5 Å². The summed E-state index contributed by atoms with van der Waals surface area (Å²) in [5, 5.41) is 0. The van der Waals surface area contributed by atoms with E-state index in [9.17, 15) is 4.79 Å². The van der Waals surface area contributed by atoms with Crippen LogP contribution in [0.1, 0.15) is 23.2 Å². The standard InChI is InChI=1S/C12H18N2O/c1-13(2)7-8-14-6-5-11(9-14)12(15)10-3-4-10/h5-6,9-10H,3-4,7-8H2,1-2H3. The number of carbonyl (C=O) groups is 1. The molecule has 1 aromatic rings. The molecule has 0 bridgehead atoms. The summed E-state index contributed by atoms with van der Waals surface area (Å²) in [6, 6.07) is 1.94. The zero-order valence-electron chi connectivity index (χ0n) is 9.44. The van der Waals surface area contributed by atoms with Gasteiger partial charge in [0.05, 0.1) is 0 Å². The molecule has 0 unspecified atom stereocenters. The van der Waals surface area contributed by atoms with Crippen molar-refractivity contribution in [3.05, 3.63) is 24.0 Å². The average molecular weight is 206 g/mol. The highest BCUT2D eigenvalue weighted by Crippen LogP contribution is 2.32. The van der Waals surface area contributed by atoms with Crippen LogP contribution in [-0.2, 0) is 6.54 Å². The molecule has 0 aromatic carbocycles. The minimum atomic E-state index is 0.328. The monoisotopic (exact) mass is 206 g/mol. The Hall–Kier alpha value is -1.09. The average Bonchev–Trinajstić information content (AvgIpc) is 2.93. The van der Waals surface area contributed by atoms with Crippen molar-refractivity contribution in [2.45, 2.75) is 19.4 Å². The number of likely N-dealkylation sites (N-methyl/N-ethyl adjacent to an activating group) is 1. The molecule has 3 heteroatoms. The lowest BCUT2D eigenvalue weighted by Crippen LogP contribution is -2.17. The molecule has 0 amide bonds. The van der Waals surface area contributed by atoms with Gasteiger partial charge in [0.15, 0.2) is 5.78 Å². The van der Waals surface area contributed by atoms with Crippen molar-refractivity contribution >= 4 is 5.78 Å². The van der Waals surface area contributed by atoms with E-state index < -0.39 is 0 Å². The first kappa shape index (κ1) is 10.4. The van der Waals surface area contributed by atoms with Crippen LogP contribution in [0.15, 0.2) is 18.5 Å². The lowest BCUT2D eigenvalue weighted by atomic mass is 10.1. The van der Waals surface area contributed by atoms with Crippen molar-refractivity contribution in [2.75, 3.05) is 20.6 Å². The molecule has 1 aromatic heterocycles. The van der Waals surface area contributed by atoms with Gasteiger partial charge in [0.2, 0.25) is 0 Å². The minimum absolute atomic E-state index is 0.328. The van der Waals surface area contributed by atoms with E-state index in [1.54, 1.807) is 0 Å². The second kappa shape index (κ2) is 4.19. The highest BCUT2D eigenvalue weighted by molar-refractivity contribution is 5.99. The molecule has 1 fully saturated rings. The van der Waals surface area contributed by atoms with Crippen LogP contribution < -0.4 is 0 Å². The van der Waals surface area contributed by atoms with Gasteiger partial charge in [0.25, 0.3) is 0 Å². The molecular formula is C12H18N2O. The number of Topliss-reactive ketones (excluding diaryl/α,β-unsaturated/α-hetero) is 1. The summed E-state index contributed by atoms with van der Waals surface area (Å²) in [6.45, 7) is 1.96. The Balaban J connectivity index is 1.94. The number of rotatable bonds is 5. The molecule has 1 saturated carbocycles. The zero-order valence-corrected chi connectivity index (χ0v) is 9.44. The number of ketones is 1. The summed E-state index contributed by atoms with van der Waals surface area (Å²) in [4.78, 5) is 13.9. The van der Waals surface area contributed by atoms with Gasteiger partial charge in [-0.25, -0.2) is 0 Å². The number of carbonyl (C=O) groups excluding carboxylic acids is 1. The second-order valence-electron chi connectivity index (χ2n) is 4.58. The molecule has 0 aliphatic heterocycles. The van der Waals surface area contributed by atoms with Gasteiger partial charge in [0, 0.05) is 37.0 Å². The maximum Gasteiger partial charge on any atom is 0.167 e. The third-order valence-electron chi connectivity index (χ3n) is 2.79. The molecule has 3 nitrogen and oxygen atoms in total. The van der Waals surface area contributed by atoms with Crippen LogP contribution >= 0.6 is 0 Å². The Bertz CT molecular complexity index is 350. The largest absolute Gasteiger partial charge is 0.352 e. The molecule has 82 valence electrons. The normalized spacial score (nSPS) is 15.9. The molecular weight excluding hydrogens is 188 g/mol. The lowest BCUT2D eigenvalue weighted by molar-refractivity contribution is 0.0967. The van der Waals surface area contributed by atoms with E-state index in [1.165, 1.54) is 0 Å². The lowest BCUT2D eigenvalue weighted by Gasteiger charge is -2.09. The van der Waals surface area contributed by atoms with Gasteiger partial charge in [-0.1, -0.05) is 0 Å². The summed E-state index contributed by atoms with van der Waals surface area (Å²) in [5.41, 5.74) is 0.885. The van der Waals surface area contributed by atoms with Gasteiger partial charge < -0.3 is 9.47 Å². The topological polar surface area (TPSA) is 25.2 Å². The van der Waals surface area contributed by atoms with E-state index in [4.69, 9.17) is 0 Å². The molecule has 15 heavy (non-hydrogen) atoms. The van der Waals surface area contributed by atoms with E-state index in [0.29, 0.717) is 11.7 Å². The molecule has 0 radical (unpaired) electrons. The van der Waals surface area contributed by atoms with Crippen LogP contribution in [0.2, 0.25) is 0 Å². The highest BCUT2D eigenvalue weighted by Gasteiger charge is 2.30. The fraction of sp³-hybridized carbons (Fsp3) is 0.583. The number of aromatic nitrogens is 1. The van der Waals surface area contributed by atoms with Gasteiger partial charge in [0.1, 0.15) is 0 Å². The second-order valence-corrected chi connectivity index (χ2v) is 4.58. The number of nitrogens with zero attached hydrogens (tertiary/aromatic N) is 2. The molecule has 1 heterocycles. The zero-order chi connectivity index (χ0) is 10.8. The minimum Gasteiger partial charge on any atom is -0.352 e. The van der Waals surface area contributed by atoms with Gasteiger partial charge in [-0.05, 0) is 33.0 Å². The fourth-order valence-electron chi connectivity index (χ4n) is 1.62. The smallest absolute Gasteiger partial charge is 0.167 e. The summed E-state index contributed by atoms with van der Waals surface area (Å²) < 4.78 is 2.09. The molecule has 1 aliphatic rings. The van der Waals surface area contributed by atoms with E-state index in [1.807, 2.05) is 18.5 Å². The van der Waals surface area contributed by atoms with Crippen LogP contribution in [0.5, 0.6) is 0 Å². The molecule has 0 atom stereocenters. The molecule has 2 rings (SSSR count). The quantitative estimate of drug-likeness (QED) is 0.684. The summed E-state index contributed by atoms with van der Waals surface area (Å²) in [7, 11) is 4.11. The fourth-order valence-corrected chi connectivity index (χ4v) is 1.62.